The molecule has 3 atom stereocenters. The van der Waals surface area contributed by atoms with E-state index in [2.05, 4.69) is 29.6 Å². The summed E-state index contributed by atoms with van der Waals surface area (Å²) in [6.07, 6.45) is 5.69. The van der Waals surface area contributed by atoms with Gasteiger partial charge in [0, 0.05) is 12.5 Å². The molecule has 3 rings (SSSR count). The Morgan fingerprint density at radius 2 is 1.82 bits per heavy atom. The zero-order valence-electron chi connectivity index (χ0n) is 10.1. The molecule has 3 unspecified atom stereocenters. The Labute approximate surface area is 102 Å². The molecule has 90 valence electrons. The zero-order chi connectivity index (χ0) is 11.7. The molecule has 1 amide bonds. The molecule has 1 heterocycles. The van der Waals surface area contributed by atoms with Crippen molar-refractivity contribution < 1.29 is 4.79 Å². The van der Waals surface area contributed by atoms with E-state index < -0.39 is 0 Å². The summed E-state index contributed by atoms with van der Waals surface area (Å²) in [7, 11) is 0. The van der Waals surface area contributed by atoms with E-state index in [4.69, 9.17) is 0 Å². The van der Waals surface area contributed by atoms with Gasteiger partial charge in [-0.25, -0.2) is 0 Å². The topological polar surface area (TPSA) is 29.1 Å². The number of fused-ring (bicyclic) bond motifs is 1. The third kappa shape index (κ3) is 2.08. The zero-order valence-corrected chi connectivity index (χ0v) is 10.1. The van der Waals surface area contributed by atoms with Crippen molar-refractivity contribution in [2.24, 2.45) is 5.92 Å². The highest BCUT2D eigenvalue weighted by Gasteiger charge is 2.38. The molecule has 2 heteroatoms. The summed E-state index contributed by atoms with van der Waals surface area (Å²) < 4.78 is 0. The van der Waals surface area contributed by atoms with Crippen molar-refractivity contribution >= 4 is 5.91 Å². The average Bonchev–Trinajstić information content (AvgIpc) is 2.39. The quantitative estimate of drug-likeness (QED) is 0.788. The Morgan fingerprint density at radius 3 is 2.65 bits per heavy atom. The summed E-state index contributed by atoms with van der Waals surface area (Å²) in [6.45, 7) is 0. The monoisotopic (exact) mass is 229 g/mol. The summed E-state index contributed by atoms with van der Waals surface area (Å²) in [5, 5.41) is 3.18. The number of piperidine rings is 1. The standard InChI is InChI=1S/C15H19NO/c17-15-10-13(11-6-2-1-3-7-11)12-8-4-5-9-14(12)16-15/h1-3,6-7,12-14H,4-5,8-10H2,(H,16,17). The van der Waals surface area contributed by atoms with E-state index in [1.807, 2.05) is 6.07 Å². The molecular formula is C15H19NO. The fourth-order valence-electron chi connectivity index (χ4n) is 3.50. The van der Waals surface area contributed by atoms with Gasteiger partial charge in [0.05, 0.1) is 0 Å². The number of amides is 1. The maximum atomic E-state index is 11.8. The maximum Gasteiger partial charge on any atom is 0.220 e. The first-order chi connectivity index (χ1) is 8.34. The second-order valence-corrected chi connectivity index (χ2v) is 5.34. The van der Waals surface area contributed by atoms with E-state index in [-0.39, 0.29) is 5.91 Å². The van der Waals surface area contributed by atoms with Gasteiger partial charge in [-0.3, -0.25) is 4.79 Å². The highest BCUT2D eigenvalue weighted by atomic mass is 16.1. The third-order valence-electron chi connectivity index (χ3n) is 4.32. The van der Waals surface area contributed by atoms with Crippen LogP contribution in [0.15, 0.2) is 30.3 Å². The van der Waals surface area contributed by atoms with Gasteiger partial charge >= 0.3 is 0 Å². The van der Waals surface area contributed by atoms with Crippen LogP contribution in [0.2, 0.25) is 0 Å². The number of carbonyl (C=O) groups is 1. The molecule has 1 aromatic rings. The molecule has 1 N–H and O–H groups in total. The van der Waals surface area contributed by atoms with E-state index in [0.29, 0.717) is 24.3 Å². The van der Waals surface area contributed by atoms with E-state index in [0.717, 1.165) is 0 Å². The van der Waals surface area contributed by atoms with Crippen LogP contribution in [0.4, 0.5) is 0 Å². The van der Waals surface area contributed by atoms with E-state index >= 15 is 0 Å². The first-order valence-corrected chi connectivity index (χ1v) is 6.69. The second-order valence-electron chi connectivity index (χ2n) is 5.34. The molecule has 0 radical (unpaired) electrons. The van der Waals surface area contributed by atoms with E-state index in [9.17, 15) is 4.79 Å². The highest BCUT2D eigenvalue weighted by Crippen LogP contribution is 2.40. The lowest BCUT2D eigenvalue weighted by atomic mass is 9.70. The summed E-state index contributed by atoms with van der Waals surface area (Å²) in [5.74, 6) is 1.33. The Morgan fingerprint density at radius 1 is 1.06 bits per heavy atom. The molecule has 1 aromatic carbocycles. The SMILES string of the molecule is O=C1CC(c2ccccc2)C2CCCCC2N1. The largest absolute Gasteiger partial charge is 0.353 e. The normalized spacial score (nSPS) is 32.7. The average molecular weight is 229 g/mol. The van der Waals surface area contributed by atoms with Gasteiger partial charge in [0.2, 0.25) is 5.91 Å². The number of hydrogen-bond donors (Lipinski definition) is 1. The van der Waals surface area contributed by atoms with Crippen molar-refractivity contribution in [1.82, 2.24) is 5.32 Å². The maximum absolute atomic E-state index is 11.8. The molecule has 2 nitrogen and oxygen atoms in total. The van der Waals surface area contributed by atoms with Crippen LogP contribution in [-0.2, 0) is 4.79 Å². The molecule has 2 fully saturated rings. The van der Waals surface area contributed by atoms with Crippen LogP contribution >= 0.6 is 0 Å². The van der Waals surface area contributed by atoms with Gasteiger partial charge in [-0.2, -0.15) is 0 Å². The molecule has 2 aliphatic rings. The molecule has 1 saturated carbocycles. The number of hydrogen-bond acceptors (Lipinski definition) is 1. The number of carbonyl (C=O) groups excluding carboxylic acids is 1. The summed E-state index contributed by atoms with van der Waals surface area (Å²) in [6, 6.07) is 11.0. The van der Waals surface area contributed by atoms with Crippen LogP contribution in [0.1, 0.15) is 43.6 Å². The van der Waals surface area contributed by atoms with Gasteiger partial charge in [-0.1, -0.05) is 43.2 Å². The molecule has 1 aliphatic carbocycles. The number of nitrogens with one attached hydrogen (secondary N) is 1. The van der Waals surface area contributed by atoms with E-state index in [1.54, 1.807) is 0 Å². The van der Waals surface area contributed by atoms with Crippen LogP contribution in [0.25, 0.3) is 0 Å². The predicted octanol–water partition coefficient (Wildman–Crippen LogP) is 2.85. The van der Waals surface area contributed by atoms with Gasteiger partial charge in [0.25, 0.3) is 0 Å². The van der Waals surface area contributed by atoms with Crippen LogP contribution in [0.3, 0.4) is 0 Å². The number of rotatable bonds is 1. The van der Waals surface area contributed by atoms with Crippen molar-refractivity contribution in [2.45, 2.75) is 44.1 Å². The lowest BCUT2D eigenvalue weighted by molar-refractivity contribution is -0.125. The Bertz CT molecular complexity index is 401. The number of benzene rings is 1. The minimum atomic E-state index is 0.238. The van der Waals surface area contributed by atoms with Gasteiger partial charge in [-0.15, -0.1) is 0 Å². The third-order valence-corrected chi connectivity index (χ3v) is 4.32. The van der Waals surface area contributed by atoms with Crippen molar-refractivity contribution in [3.63, 3.8) is 0 Å². The predicted molar refractivity (Wildman–Crippen MR) is 67.7 cm³/mol. The Kier molecular flexibility index (Phi) is 2.87. The summed E-state index contributed by atoms with van der Waals surface area (Å²) in [5.41, 5.74) is 1.35. The van der Waals surface area contributed by atoms with Crippen molar-refractivity contribution in [3.05, 3.63) is 35.9 Å². The van der Waals surface area contributed by atoms with Crippen molar-refractivity contribution in [2.75, 3.05) is 0 Å². The van der Waals surface area contributed by atoms with Gasteiger partial charge in [-0.05, 0) is 30.2 Å². The molecule has 0 bridgehead atoms. The fourth-order valence-corrected chi connectivity index (χ4v) is 3.50. The fraction of sp³-hybridized carbons (Fsp3) is 0.533. The molecular weight excluding hydrogens is 210 g/mol. The van der Waals surface area contributed by atoms with Gasteiger partial charge in [0.15, 0.2) is 0 Å². The van der Waals surface area contributed by atoms with Crippen LogP contribution < -0.4 is 5.32 Å². The lowest BCUT2D eigenvalue weighted by Crippen LogP contribution is -2.49. The van der Waals surface area contributed by atoms with E-state index in [1.165, 1.54) is 31.2 Å². The molecule has 0 spiro atoms. The van der Waals surface area contributed by atoms with Crippen molar-refractivity contribution in [1.29, 1.82) is 0 Å². The Hall–Kier alpha value is -1.31. The first-order valence-electron chi connectivity index (χ1n) is 6.69. The smallest absolute Gasteiger partial charge is 0.220 e. The first kappa shape index (κ1) is 10.8. The highest BCUT2D eigenvalue weighted by molar-refractivity contribution is 5.78. The van der Waals surface area contributed by atoms with Gasteiger partial charge in [0.1, 0.15) is 0 Å². The second kappa shape index (κ2) is 4.52. The summed E-state index contributed by atoms with van der Waals surface area (Å²) >= 11 is 0. The minimum absolute atomic E-state index is 0.238. The molecule has 0 aromatic heterocycles. The van der Waals surface area contributed by atoms with Crippen LogP contribution in [0, 0.1) is 5.92 Å². The minimum Gasteiger partial charge on any atom is -0.353 e. The molecule has 1 aliphatic heterocycles. The van der Waals surface area contributed by atoms with Crippen LogP contribution in [0.5, 0.6) is 0 Å². The van der Waals surface area contributed by atoms with Crippen LogP contribution in [-0.4, -0.2) is 11.9 Å². The molecule has 17 heavy (non-hydrogen) atoms. The lowest BCUT2D eigenvalue weighted by Gasteiger charge is -2.41. The molecule has 1 saturated heterocycles. The Balaban J connectivity index is 1.88. The summed E-state index contributed by atoms with van der Waals surface area (Å²) in [4.78, 5) is 11.8. The van der Waals surface area contributed by atoms with Gasteiger partial charge < -0.3 is 5.32 Å². The van der Waals surface area contributed by atoms with Crippen molar-refractivity contribution in [3.8, 4) is 0 Å².